The summed E-state index contributed by atoms with van der Waals surface area (Å²) in [6, 6.07) is 11.0. The van der Waals surface area contributed by atoms with Crippen LogP contribution in [0, 0.1) is 0 Å². The maximum Gasteiger partial charge on any atom is 0.332 e. The average molecular weight is 483 g/mol. The highest BCUT2D eigenvalue weighted by atomic mass is 32.2. The molecule has 176 valence electrons. The number of nitrogen functional groups attached to an aromatic ring is 1. The number of carbonyl (C=O) groups excluding carboxylic acids is 1. The van der Waals surface area contributed by atoms with E-state index < -0.39 is 17.0 Å². The molecule has 0 radical (unpaired) electrons. The number of thioether (sulfide) groups is 1. The van der Waals surface area contributed by atoms with Crippen molar-refractivity contribution in [3.8, 4) is 17.1 Å². The summed E-state index contributed by atoms with van der Waals surface area (Å²) in [5.41, 5.74) is 5.11. The van der Waals surface area contributed by atoms with Gasteiger partial charge in [0.1, 0.15) is 22.9 Å². The van der Waals surface area contributed by atoms with Crippen LogP contribution in [0.25, 0.3) is 11.4 Å². The van der Waals surface area contributed by atoms with Crippen molar-refractivity contribution in [3.63, 3.8) is 0 Å². The molecule has 3 aromatic heterocycles. The van der Waals surface area contributed by atoms with Crippen molar-refractivity contribution in [1.29, 1.82) is 0 Å². The Morgan fingerprint density at radius 1 is 1.15 bits per heavy atom. The molecule has 0 amide bonds. The van der Waals surface area contributed by atoms with Crippen LogP contribution in [-0.4, -0.2) is 42.5 Å². The maximum absolute atomic E-state index is 12.9. The number of rotatable bonds is 8. The first-order valence-corrected chi connectivity index (χ1v) is 11.1. The van der Waals surface area contributed by atoms with E-state index in [4.69, 9.17) is 14.9 Å². The molecule has 0 saturated heterocycles. The second kappa shape index (κ2) is 9.43. The molecule has 1 aromatic carbocycles. The van der Waals surface area contributed by atoms with E-state index in [0.29, 0.717) is 29.0 Å². The molecule has 2 N–H and O–H groups in total. The number of methoxy groups -OCH3 is 1. The first-order chi connectivity index (χ1) is 16.3. The van der Waals surface area contributed by atoms with Gasteiger partial charge in [-0.3, -0.25) is 23.3 Å². The van der Waals surface area contributed by atoms with E-state index in [9.17, 15) is 14.4 Å². The van der Waals surface area contributed by atoms with Crippen LogP contribution in [0.15, 0.2) is 61.8 Å². The Morgan fingerprint density at radius 2 is 1.94 bits per heavy atom. The summed E-state index contributed by atoms with van der Waals surface area (Å²) in [5.74, 6) is 1.07. The Kier molecular flexibility index (Phi) is 6.41. The molecule has 0 atom stereocenters. The first-order valence-electron chi connectivity index (χ1n) is 10.1. The van der Waals surface area contributed by atoms with E-state index in [1.54, 1.807) is 19.4 Å². The lowest BCUT2D eigenvalue weighted by Crippen LogP contribution is -2.41. The summed E-state index contributed by atoms with van der Waals surface area (Å²) >= 11 is 1.11. The Balaban J connectivity index is 1.67. The molecule has 0 aliphatic rings. The van der Waals surface area contributed by atoms with E-state index in [2.05, 4.69) is 10.2 Å². The van der Waals surface area contributed by atoms with Crippen LogP contribution in [0.2, 0.25) is 0 Å². The van der Waals surface area contributed by atoms with Gasteiger partial charge in [0.15, 0.2) is 16.8 Å². The molecule has 0 saturated carbocycles. The molecule has 0 bridgehead atoms. The highest BCUT2D eigenvalue weighted by Crippen LogP contribution is 2.28. The number of ketones is 1. The van der Waals surface area contributed by atoms with Crippen LogP contribution in [0.3, 0.4) is 0 Å². The lowest BCUT2D eigenvalue weighted by Gasteiger charge is -2.11. The zero-order chi connectivity index (χ0) is 24.4. The van der Waals surface area contributed by atoms with Crippen LogP contribution in [-0.2, 0) is 20.6 Å². The van der Waals surface area contributed by atoms with E-state index in [0.717, 1.165) is 26.5 Å². The Labute approximate surface area is 197 Å². The minimum absolute atomic E-state index is 0.133. The molecule has 0 spiro atoms. The minimum atomic E-state index is -0.736. The molecule has 3 heterocycles. The number of benzene rings is 1. The number of nitrogens with two attached hydrogens (primary N) is 1. The van der Waals surface area contributed by atoms with Gasteiger partial charge in [-0.2, -0.15) is 0 Å². The summed E-state index contributed by atoms with van der Waals surface area (Å²) in [4.78, 5) is 37.5. The van der Waals surface area contributed by atoms with Crippen molar-refractivity contribution in [3.05, 3.63) is 74.8 Å². The van der Waals surface area contributed by atoms with E-state index in [1.807, 2.05) is 34.9 Å². The van der Waals surface area contributed by atoms with Gasteiger partial charge in [-0.1, -0.05) is 23.9 Å². The molecule has 0 aliphatic heterocycles. The molecule has 12 heteroatoms. The highest BCUT2D eigenvalue weighted by Gasteiger charge is 2.22. The maximum atomic E-state index is 12.9. The predicted octanol–water partition coefficient (Wildman–Crippen LogP) is 1.55. The largest absolute Gasteiger partial charge is 0.497 e. The number of carbonyl (C=O) groups is 1. The zero-order valence-electron chi connectivity index (χ0n) is 18.7. The number of nitrogens with zero attached hydrogens (tertiary/aromatic N) is 5. The smallest absolute Gasteiger partial charge is 0.332 e. The van der Waals surface area contributed by atoms with Crippen LogP contribution >= 0.6 is 11.8 Å². The lowest BCUT2D eigenvalue weighted by atomic mass is 10.2. The topological polar surface area (TPSA) is 140 Å². The molecule has 0 unspecified atom stereocenters. The van der Waals surface area contributed by atoms with Crippen molar-refractivity contribution in [2.24, 2.45) is 14.1 Å². The van der Waals surface area contributed by atoms with Gasteiger partial charge in [0, 0.05) is 19.7 Å². The van der Waals surface area contributed by atoms with E-state index in [-0.39, 0.29) is 17.1 Å². The molecular weight excluding hydrogens is 460 g/mol. The fourth-order valence-corrected chi connectivity index (χ4v) is 4.21. The number of hydrogen-bond acceptors (Lipinski definition) is 9. The second-order valence-electron chi connectivity index (χ2n) is 7.38. The van der Waals surface area contributed by atoms with Crippen molar-refractivity contribution >= 4 is 23.4 Å². The number of aromatic nitrogens is 5. The number of anilines is 1. The molecule has 4 rings (SSSR count). The first kappa shape index (κ1) is 23.1. The van der Waals surface area contributed by atoms with Gasteiger partial charge < -0.3 is 14.9 Å². The minimum Gasteiger partial charge on any atom is -0.497 e. The van der Waals surface area contributed by atoms with Crippen molar-refractivity contribution in [1.82, 2.24) is 23.9 Å². The highest BCUT2D eigenvalue weighted by molar-refractivity contribution is 7.99. The van der Waals surface area contributed by atoms with Crippen molar-refractivity contribution in [2.45, 2.75) is 11.7 Å². The summed E-state index contributed by atoms with van der Waals surface area (Å²) < 4.78 is 14.5. The van der Waals surface area contributed by atoms with Crippen LogP contribution in [0.4, 0.5) is 5.82 Å². The fraction of sp³-hybridized carbons (Fsp3) is 0.227. The number of hydrogen-bond donors (Lipinski definition) is 1. The monoisotopic (exact) mass is 482 g/mol. The summed E-state index contributed by atoms with van der Waals surface area (Å²) in [7, 11) is 4.28. The number of ether oxygens (including phenoxy) is 1. The summed E-state index contributed by atoms with van der Waals surface area (Å²) in [6.45, 7) is 0.326. The van der Waals surface area contributed by atoms with E-state index >= 15 is 0 Å². The van der Waals surface area contributed by atoms with Gasteiger partial charge >= 0.3 is 5.69 Å². The van der Waals surface area contributed by atoms with Gasteiger partial charge in [-0.25, -0.2) is 4.79 Å². The van der Waals surface area contributed by atoms with E-state index in [1.165, 1.54) is 14.1 Å². The van der Waals surface area contributed by atoms with Crippen LogP contribution in [0.1, 0.15) is 16.1 Å². The quantitative estimate of drug-likeness (QED) is 0.292. The SMILES string of the molecule is COc1cccc(-c2nnc(SCC(=O)c3c(N)n(C)c(=O)n(C)c3=O)n2Cc2ccco2)c1. The molecular formula is C22H22N6O5S. The molecule has 4 aromatic rings. The summed E-state index contributed by atoms with van der Waals surface area (Å²) in [5, 5.41) is 9.02. The van der Waals surface area contributed by atoms with Crippen LogP contribution < -0.4 is 21.7 Å². The Morgan fingerprint density at radius 3 is 2.65 bits per heavy atom. The van der Waals surface area contributed by atoms with Gasteiger partial charge in [0.25, 0.3) is 5.56 Å². The van der Waals surface area contributed by atoms with Crippen LogP contribution in [0.5, 0.6) is 5.75 Å². The second-order valence-corrected chi connectivity index (χ2v) is 8.32. The Bertz CT molecular complexity index is 1470. The van der Waals surface area contributed by atoms with Crippen molar-refractivity contribution in [2.75, 3.05) is 18.6 Å². The third-order valence-corrected chi connectivity index (χ3v) is 6.23. The average Bonchev–Trinajstić information content (AvgIpc) is 3.50. The normalized spacial score (nSPS) is 11.0. The number of furan rings is 1. The lowest BCUT2D eigenvalue weighted by molar-refractivity contribution is 0.102. The summed E-state index contributed by atoms with van der Waals surface area (Å²) in [6.07, 6.45) is 1.57. The molecule has 11 nitrogen and oxygen atoms in total. The third kappa shape index (κ3) is 4.27. The molecule has 0 fully saturated rings. The van der Waals surface area contributed by atoms with Gasteiger partial charge in [-0.05, 0) is 24.3 Å². The standard InChI is InChI=1S/C22H22N6O5S/c1-26-18(23)17(20(30)27(2)22(26)31)16(29)12-34-21-25-24-19(13-6-4-7-14(10-13)32-3)28(21)11-15-8-5-9-33-15/h4-10H,11-12,23H2,1-3H3. The molecule has 34 heavy (non-hydrogen) atoms. The van der Waals surface area contributed by atoms with Gasteiger partial charge in [0.2, 0.25) is 0 Å². The Hall–Kier alpha value is -4.06. The fourth-order valence-electron chi connectivity index (χ4n) is 3.40. The zero-order valence-corrected chi connectivity index (χ0v) is 19.5. The third-order valence-electron chi connectivity index (χ3n) is 5.26. The number of Topliss-reactive ketones (excluding diaryl/α,β-unsaturated/α-hetero) is 1. The van der Waals surface area contributed by atoms with Gasteiger partial charge in [0.05, 0.1) is 25.7 Å². The van der Waals surface area contributed by atoms with Crippen molar-refractivity contribution < 1.29 is 13.9 Å². The van der Waals surface area contributed by atoms with Gasteiger partial charge in [-0.15, -0.1) is 10.2 Å². The molecule has 0 aliphatic carbocycles. The predicted molar refractivity (Wildman–Crippen MR) is 126 cm³/mol.